The van der Waals surface area contributed by atoms with E-state index in [2.05, 4.69) is 30.8 Å². The van der Waals surface area contributed by atoms with Gasteiger partial charge in [0.05, 0.1) is 0 Å². The van der Waals surface area contributed by atoms with Crippen LogP contribution in [-0.4, -0.2) is 55.5 Å². The Bertz CT molecular complexity index is 305. The van der Waals surface area contributed by atoms with E-state index in [9.17, 15) is 4.79 Å². The van der Waals surface area contributed by atoms with Crippen molar-refractivity contribution in [1.82, 2.24) is 9.80 Å². The molecule has 1 saturated carbocycles. The van der Waals surface area contributed by atoms with Gasteiger partial charge in [-0.25, -0.2) is 0 Å². The molecule has 1 saturated heterocycles. The van der Waals surface area contributed by atoms with Crippen molar-refractivity contribution in [1.29, 1.82) is 0 Å². The van der Waals surface area contributed by atoms with Crippen molar-refractivity contribution in [2.24, 2.45) is 23.5 Å². The molecule has 4 nitrogen and oxygen atoms in total. The van der Waals surface area contributed by atoms with Crippen LogP contribution in [0.15, 0.2) is 0 Å². The van der Waals surface area contributed by atoms with Crippen molar-refractivity contribution >= 4 is 5.91 Å². The van der Waals surface area contributed by atoms with Crippen LogP contribution in [0.1, 0.15) is 26.2 Å². The van der Waals surface area contributed by atoms with Crippen LogP contribution in [-0.2, 0) is 4.79 Å². The first-order valence-corrected chi connectivity index (χ1v) is 7.19. The molecule has 0 spiro atoms. The molecule has 1 aliphatic carbocycles. The zero-order valence-electron chi connectivity index (χ0n) is 11.9. The van der Waals surface area contributed by atoms with E-state index in [1.54, 1.807) is 0 Å². The van der Waals surface area contributed by atoms with E-state index in [0.29, 0.717) is 30.3 Å². The normalized spacial score (nSPS) is 36.6. The van der Waals surface area contributed by atoms with Gasteiger partial charge in [-0.2, -0.15) is 0 Å². The highest BCUT2D eigenvalue weighted by Gasteiger charge is 2.39. The van der Waals surface area contributed by atoms with Crippen LogP contribution in [0.2, 0.25) is 0 Å². The standard InChI is InChI=1S/C14H27N3O/c1-10-8-17(9-13(10)16(2)3)14(18)12-6-4-5-11(12)7-15/h10-13H,4-9,15H2,1-3H3. The Balaban J connectivity index is 1.98. The van der Waals surface area contributed by atoms with Gasteiger partial charge in [0.15, 0.2) is 0 Å². The Kier molecular flexibility index (Phi) is 4.28. The molecule has 104 valence electrons. The molecule has 2 N–H and O–H groups in total. The number of carbonyl (C=O) groups is 1. The molecule has 4 heteroatoms. The maximum atomic E-state index is 12.6. The molecule has 1 heterocycles. The molecule has 0 bridgehead atoms. The quantitative estimate of drug-likeness (QED) is 0.808. The van der Waals surface area contributed by atoms with Crippen LogP contribution >= 0.6 is 0 Å². The van der Waals surface area contributed by atoms with Gasteiger partial charge in [-0.1, -0.05) is 13.3 Å². The summed E-state index contributed by atoms with van der Waals surface area (Å²) in [5, 5.41) is 0. The van der Waals surface area contributed by atoms with Crippen molar-refractivity contribution in [2.45, 2.75) is 32.2 Å². The molecular formula is C14H27N3O. The van der Waals surface area contributed by atoms with Crippen molar-refractivity contribution in [3.63, 3.8) is 0 Å². The summed E-state index contributed by atoms with van der Waals surface area (Å²) in [6.45, 7) is 4.71. The molecule has 18 heavy (non-hydrogen) atoms. The molecule has 4 unspecified atom stereocenters. The highest BCUT2D eigenvalue weighted by molar-refractivity contribution is 5.80. The summed E-state index contributed by atoms with van der Waals surface area (Å²) in [4.78, 5) is 16.9. The van der Waals surface area contributed by atoms with Crippen molar-refractivity contribution < 1.29 is 4.79 Å². The number of hydrogen-bond acceptors (Lipinski definition) is 3. The summed E-state index contributed by atoms with van der Waals surface area (Å²) in [7, 11) is 4.21. The number of amides is 1. The zero-order chi connectivity index (χ0) is 13.3. The highest BCUT2D eigenvalue weighted by atomic mass is 16.2. The van der Waals surface area contributed by atoms with Gasteiger partial charge in [0.2, 0.25) is 5.91 Å². The number of nitrogens with two attached hydrogens (primary N) is 1. The summed E-state index contributed by atoms with van der Waals surface area (Å²) in [6, 6.07) is 0.506. The fraction of sp³-hybridized carbons (Fsp3) is 0.929. The first-order chi connectivity index (χ1) is 8.54. The Morgan fingerprint density at radius 3 is 2.61 bits per heavy atom. The van der Waals surface area contributed by atoms with Gasteiger partial charge in [0.1, 0.15) is 0 Å². The third kappa shape index (κ3) is 2.54. The monoisotopic (exact) mass is 253 g/mol. The van der Waals surface area contributed by atoms with E-state index in [-0.39, 0.29) is 5.92 Å². The number of likely N-dealkylation sites (tertiary alicyclic amines) is 1. The van der Waals surface area contributed by atoms with Crippen LogP contribution in [0.5, 0.6) is 0 Å². The summed E-state index contributed by atoms with van der Waals surface area (Å²) < 4.78 is 0. The van der Waals surface area contributed by atoms with E-state index < -0.39 is 0 Å². The molecule has 0 aromatic rings. The minimum Gasteiger partial charge on any atom is -0.341 e. The van der Waals surface area contributed by atoms with Crippen molar-refractivity contribution in [2.75, 3.05) is 33.7 Å². The van der Waals surface area contributed by atoms with Crippen molar-refractivity contribution in [3.8, 4) is 0 Å². The smallest absolute Gasteiger partial charge is 0.226 e. The van der Waals surface area contributed by atoms with E-state index in [1.165, 1.54) is 6.42 Å². The molecule has 0 radical (unpaired) electrons. The lowest BCUT2D eigenvalue weighted by atomic mass is 9.95. The van der Waals surface area contributed by atoms with Gasteiger partial charge in [-0.3, -0.25) is 4.79 Å². The van der Waals surface area contributed by atoms with Gasteiger partial charge in [0, 0.05) is 25.0 Å². The van der Waals surface area contributed by atoms with E-state index >= 15 is 0 Å². The lowest BCUT2D eigenvalue weighted by Gasteiger charge is -2.25. The summed E-state index contributed by atoms with van der Waals surface area (Å²) in [5.41, 5.74) is 5.78. The van der Waals surface area contributed by atoms with Gasteiger partial charge >= 0.3 is 0 Å². The SMILES string of the molecule is CC1CN(C(=O)C2CCCC2CN)CC1N(C)C. The molecular weight excluding hydrogens is 226 g/mol. The predicted molar refractivity (Wildman–Crippen MR) is 73.1 cm³/mol. The van der Waals surface area contributed by atoms with E-state index in [1.807, 2.05) is 0 Å². The predicted octanol–water partition coefficient (Wildman–Crippen LogP) is 0.770. The summed E-state index contributed by atoms with van der Waals surface area (Å²) in [5.74, 6) is 1.55. The molecule has 1 amide bonds. The fourth-order valence-electron chi connectivity index (χ4n) is 3.68. The fourth-order valence-corrected chi connectivity index (χ4v) is 3.68. The number of likely N-dealkylation sites (N-methyl/N-ethyl adjacent to an activating group) is 1. The molecule has 1 aliphatic heterocycles. The Morgan fingerprint density at radius 1 is 1.33 bits per heavy atom. The van der Waals surface area contributed by atoms with Gasteiger partial charge < -0.3 is 15.5 Å². The van der Waals surface area contributed by atoms with Crippen LogP contribution < -0.4 is 5.73 Å². The largest absolute Gasteiger partial charge is 0.341 e. The third-order valence-electron chi connectivity index (χ3n) is 4.83. The van der Waals surface area contributed by atoms with Gasteiger partial charge in [0.25, 0.3) is 0 Å². The first-order valence-electron chi connectivity index (χ1n) is 7.19. The molecule has 0 aromatic carbocycles. The number of hydrogen-bond donors (Lipinski definition) is 1. The van der Waals surface area contributed by atoms with Gasteiger partial charge in [-0.15, -0.1) is 0 Å². The second kappa shape index (κ2) is 5.57. The number of nitrogens with zero attached hydrogens (tertiary/aromatic N) is 2. The van der Waals surface area contributed by atoms with Crippen LogP contribution in [0.25, 0.3) is 0 Å². The zero-order valence-corrected chi connectivity index (χ0v) is 11.9. The number of rotatable bonds is 3. The van der Waals surface area contributed by atoms with E-state index in [4.69, 9.17) is 5.73 Å². The average Bonchev–Trinajstić information content (AvgIpc) is 2.93. The van der Waals surface area contributed by atoms with Crippen LogP contribution in [0, 0.1) is 17.8 Å². The van der Waals surface area contributed by atoms with E-state index in [0.717, 1.165) is 25.9 Å². The second-order valence-electron chi connectivity index (χ2n) is 6.28. The summed E-state index contributed by atoms with van der Waals surface area (Å²) in [6.07, 6.45) is 3.34. The maximum absolute atomic E-state index is 12.6. The summed E-state index contributed by atoms with van der Waals surface area (Å²) >= 11 is 0. The molecule has 2 rings (SSSR count). The average molecular weight is 253 g/mol. The third-order valence-corrected chi connectivity index (χ3v) is 4.83. The minimum atomic E-state index is 0.197. The first kappa shape index (κ1) is 13.8. The lowest BCUT2D eigenvalue weighted by Crippen LogP contribution is -2.40. The Labute approximate surface area is 110 Å². The highest BCUT2D eigenvalue weighted by Crippen LogP contribution is 2.34. The number of carbonyl (C=O) groups excluding carboxylic acids is 1. The minimum absolute atomic E-state index is 0.197. The molecule has 2 fully saturated rings. The Hall–Kier alpha value is -0.610. The van der Waals surface area contributed by atoms with Gasteiger partial charge in [-0.05, 0) is 45.3 Å². The Morgan fingerprint density at radius 2 is 2.06 bits per heavy atom. The maximum Gasteiger partial charge on any atom is 0.226 e. The molecule has 0 aromatic heterocycles. The molecule has 4 atom stereocenters. The molecule has 2 aliphatic rings. The van der Waals surface area contributed by atoms with Crippen LogP contribution in [0.4, 0.5) is 0 Å². The van der Waals surface area contributed by atoms with Crippen LogP contribution in [0.3, 0.4) is 0 Å². The topological polar surface area (TPSA) is 49.6 Å². The second-order valence-corrected chi connectivity index (χ2v) is 6.28. The van der Waals surface area contributed by atoms with Crippen molar-refractivity contribution in [3.05, 3.63) is 0 Å². The lowest BCUT2D eigenvalue weighted by molar-refractivity contribution is -0.135.